The first-order valence-electron chi connectivity index (χ1n) is 4.61. The molecule has 0 aliphatic carbocycles. The van der Waals surface area contributed by atoms with E-state index in [1.54, 1.807) is 20.8 Å². The molecule has 0 fully saturated rings. The summed E-state index contributed by atoms with van der Waals surface area (Å²) in [6.07, 6.45) is 0. The lowest BCUT2D eigenvalue weighted by Gasteiger charge is -2.22. The lowest BCUT2D eigenvalue weighted by molar-refractivity contribution is 0.0886. The van der Waals surface area contributed by atoms with Crippen molar-refractivity contribution in [1.29, 1.82) is 0 Å². The Balaban J connectivity index is 4.28. The highest BCUT2D eigenvalue weighted by atomic mass is 31.2. The molecule has 0 spiro atoms. The maximum absolute atomic E-state index is 11.9. The van der Waals surface area contributed by atoms with E-state index in [2.05, 4.69) is 0 Å². The van der Waals surface area contributed by atoms with Crippen LogP contribution in [0.1, 0.15) is 27.7 Å². The minimum absolute atomic E-state index is 0.370. The summed E-state index contributed by atoms with van der Waals surface area (Å²) in [4.78, 5) is 0. The maximum Gasteiger partial charge on any atom is 0.358 e. The summed E-state index contributed by atoms with van der Waals surface area (Å²) in [7, 11) is -3.05. The topological polar surface area (TPSA) is 44.8 Å². The van der Waals surface area contributed by atoms with Gasteiger partial charge in [0.05, 0.1) is 13.2 Å². The Morgan fingerprint density at radius 3 is 1.85 bits per heavy atom. The van der Waals surface area contributed by atoms with Crippen LogP contribution in [0.15, 0.2) is 0 Å². The Kier molecular flexibility index (Phi) is 6.60. The summed E-state index contributed by atoms with van der Waals surface area (Å²) in [5, 5.41) is 0. The van der Waals surface area contributed by atoms with Gasteiger partial charge in [0, 0.05) is 6.61 Å². The van der Waals surface area contributed by atoms with Crippen molar-refractivity contribution in [3.05, 3.63) is 0 Å². The molecule has 0 aromatic heterocycles. The molecule has 4 nitrogen and oxygen atoms in total. The molecule has 0 aromatic rings. The van der Waals surface area contributed by atoms with Crippen LogP contribution in [-0.2, 0) is 18.3 Å². The summed E-state index contributed by atoms with van der Waals surface area (Å²) in [6.45, 7) is 8.36. The van der Waals surface area contributed by atoms with E-state index in [1.807, 2.05) is 6.92 Å². The van der Waals surface area contributed by atoms with Gasteiger partial charge in [-0.2, -0.15) is 0 Å². The molecule has 80 valence electrons. The average molecular weight is 210 g/mol. The zero-order valence-electron chi connectivity index (χ0n) is 8.78. The second-order valence-corrected chi connectivity index (χ2v) is 4.75. The number of rotatable bonds is 7. The maximum atomic E-state index is 11.9. The minimum Gasteiger partial charge on any atom is -0.366 e. The lowest BCUT2D eigenvalue weighted by atomic mass is 10.8. The molecule has 0 aliphatic heterocycles. The van der Waals surface area contributed by atoms with Gasteiger partial charge in [-0.25, -0.2) is 0 Å². The molecule has 0 heterocycles. The highest BCUT2D eigenvalue weighted by molar-refractivity contribution is 7.54. The Morgan fingerprint density at radius 2 is 1.54 bits per heavy atom. The van der Waals surface area contributed by atoms with Crippen molar-refractivity contribution < 1.29 is 18.3 Å². The predicted molar refractivity (Wildman–Crippen MR) is 51.9 cm³/mol. The Morgan fingerprint density at radius 1 is 1.08 bits per heavy atom. The van der Waals surface area contributed by atoms with Gasteiger partial charge in [-0.05, 0) is 27.7 Å². The predicted octanol–water partition coefficient (Wildman–Crippen LogP) is 2.64. The number of ether oxygens (including phenoxy) is 1. The van der Waals surface area contributed by atoms with Crippen LogP contribution in [0, 0.1) is 0 Å². The summed E-state index contributed by atoms with van der Waals surface area (Å²) in [6, 6.07) is 0. The van der Waals surface area contributed by atoms with Crippen LogP contribution < -0.4 is 0 Å². The van der Waals surface area contributed by atoms with Gasteiger partial charge in [0.1, 0.15) is 0 Å². The fourth-order valence-electron chi connectivity index (χ4n) is 0.940. The van der Waals surface area contributed by atoms with Gasteiger partial charge in [0.25, 0.3) is 0 Å². The molecular weight excluding hydrogens is 191 g/mol. The molecule has 0 N–H and O–H groups in total. The molecule has 13 heavy (non-hydrogen) atoms. The standard InChI is InChI=1S/C8H19O4P/c1-5-10-8(4)13(9,11-6-2)12-7-3/h8H,5-7H2,1-4H3. The monoisotopic (exact) mass is 210 g/mol. The second-order valence-electron chi connectivity index (χ2n) is 2.43. The molecule has 0 saturated carbocycles. The highest BCUT2D eigenvalue weighted by Gasteiger charge is 2.32. The largest absolute Gasteiger partial charge is 0.366 e. The van der Waals surface area contributed by atoms with Gasteiger partial charge in [-0.15, -0.1) is 0 Å². The van der Waals surface area contributed by atoms with Gasteiger partial charge < -0.3 is 13.8 Å². The summed E-state index contributed by atoms with van der Waals surface area (Å²) in [5.41, 5.74) is 0. The third-order valence-corrected chi connectivity index (χ3v) is 3.75. The lowest BCUT2D eigenvalue weighted by Crippen LogP contribution is -2.13. The highest BCUT2D eigenvalue weighted by Crippen LogP contribution is 2.53. The fraction of sp³-hybridized carbons (Fsp3) is 1.00. The SMILES string of the molecule is CCOC(C)P(=O)(OCC)OCC. The van der Waals surface area contributed by atoms with Gasteiger partial charge in [0.15, 0.2) is 5.85 Å². The van der Waals surface area contributed by atoms with Crippen molar-refractivity contribution in [3.63, 3.8) is 0 Å². The summed E-state index contributed by atoms with van der Waals surface area (Å²) >= 11 is 0. The van der Waals surface area contributed by atoms with Crippen LogP contribution in [0.2, 0.25) is 0 Å². The van der Waals surface area contributed by atoms with Crippen molar-refractivity contribution in [2.45, 2.75) is 33.5 Å². The first-order valence-corrected chi connectivity index (χ1v) is 6.22. The van der Waals surface area contributed by atoms with Gasteiger partial charge in [-0.3, -0.25) is 4.57 Å². The van der Waals surface area contributed by atoms with Crippen molar-refractivity contribution in [2.75, 3.05) is 19.8 Å². The quantitative estimate of drug-likeness (QED) is 0.606. The first kappa shape index (κ1) is 13.1. The normalized spacial score (nSPS) is 14.5. The van der Waals surface area contributed by atoms with E-state index >= 15 is 0 Å². The summed E-state index contributed by atoms with van der Waals surface area (Å²) < 4.78 is 27.3. The first-order chi connectivity index (χ1) is 6.10. The zero-order valence-corrected chi connectivity index (χ0v) is 9.67. The molecule has 0 rings (SSSR count). The smallest absolute Gasteiger partial charge is 0.358 e. The van der Waals surface area contributed by atoms with E-state index in [1.165, 1.54) is 0 Å². The second kappa shape index (κ2) is 6.55. The van der Waals surface area contributed by atoms with Crippen LogP contribution >= 0.6 is 7.60 Å². The van der Waals surface area contributed by atoms with Crippen LogP contribution in [0.4, 0.5) is 0 Å². The number of hydrogen-bond acceptors (Lipinski definition) is 4. The molecule has 0 aliphatic rings. The Labute approximate surface area is 80.1 Å². The molecule has 5 heteroatoms. The van der Waals surface area contributed by atoms with Crippen molar-refractivity contribution in [2.24, 2.45) is 0 Å². The van der Waals surface area contributed by atoms with Gasteiger partial charge in [-0.1, -0.05) is 0 Å². The molecule has 1 unspecified atom stereocenters. The molecule has 1 atom stereocenters. The molecule has 0 saturated heterocycles. The van der Waals surface area contributed by atoms with Crippen LogP contribution in [0.5, 0.6) is 0 Å². The van der Waals surface area contributed by atoms with E-state index in [0.717, 1.165) is 0 Å². The van der Waals surface area contributed by atoms with Crippen LogP contribution in [-0.4, -0.2) is 25.7 Å². The van der Waals surface area contributed by atoms with E-state index < -0.39 is 13.4 Å². The Bertz CT molecular complexity index is 162. The summed E-state index contributed by atoms with van der Waals surface area (Å²) in [5.74, 6) is -0.489. The van der Waals surface area contributed by atoms with Gasteiger partial charge >= 0.3 is 7.60 Å². The van der Waals surface area contributed by atoms with Crippen LogP contribution in [0.25, 0.3) is 0 Å². The molecule has 0 bridgehead atoms. The van der Waals surface area contributed by atoms with Crippen molar-refractivity contribution >= 4 is 7.60 Å². The molecule has 0 radical (unpaired) electrons. The van der Waals surface area contributed by atoms with E-state index in [9.17, 15) is 4.57 Å². The number of hydrogen-bond donors (Lipinski definition) is 0. The van der Waals surface area contributed by atoms with E-state index in [4.69, 9.17) is 13.8 Å². The van der Waals surface area contributed by atoms with Crippen molar-refractivity contribution in [3.8, 4) is 0 Å². The third kappa shape index (κ3) is 4.23. The molecule has 0 aromatic carbocycles. The molecule has 0 amide bonds. The Hall–Kier alpha value is 0.110. The van der Waals surface area contributed by atoms with E-state index in [-0.39, 0.29) is 0 Å². The zero-order chi connectivity index (χ0) is 10.3. The molecular formula is C8H19O4P. The van der Waals surface area contributed by atoms with E-state index in [0.29, 0.717) is 19.8 Å². The van der Waals surface area contributed by atoms with Crippen LogP contribution in [0.3, 0.4) is 0 Å². The fourth-order valence-corrected chi connectivity index (χ4v) is 2.49. The average Bonchev–Trinajstić information content (AvgIpc) is 2.05. The van der Waals surface area contributed by atoms with Gasteiger partial charge in [0.2, 0.25) is 0 Å². The van der Waals surface area contributed by atoms with Crippen molar-refractivity contribution in [1.82, 2.24) is 0 Å². The minimum atomic E-state index is -3.05. The third-order valence-electron chi connectivity index (χ3n) is 1.47.